The van der Waals surface area contributed by atoms with Crippen molar-refractivity contribution in [2.75, 3.05) is 18.0 Å². The molecule has 0 aliphatic carbocycles. The second-order valence-corrected chi connectivity index (χ2v) is 7.12. The number of pyridine rings is 1. The summed E-state index contributed by atoms with van der Waals surface area (Å²) in [5, 5.41) is 2.91. The van der Waals surface area contributed by atoms with Crippen LogP contribution >= 0.6 is 15.9 Å². The number of hydrogen-bond acceptors (Lipinski definition) is 3. The summed E-state index contributed by atoms with van der Waals surface area (Å²) < 4.78 is 51.3. The van der Waals surface area contributed by atoms with E-state index in [1.807, 2.05) is 4.90 Å². The number of aromatic nitrogens is 1. The Morgan fingerprint density at radius 1 is 1.19 bits per heavy atom. The number of halogens is 5. The molecule has 1 amide bonds. The van der Waals surface area contributed by atoms with Crippen LogP contribution in [0.3, 0.4) is 0 Å². The number of piperidine rings is 1. The SMILES string of the molecule is O=C(NC1CCN(c2ccc(C(F)(F)F)cn2)CC1)c1ccc(F)cc1Br. The molecule has 0 atom stereocenters. The predicted octanol–water partition coefficient (Wildman–Crippen LogP) is 4.40. The van der Waals surface area contributed by atoms with Crippen molar-refractivity contribution in [1.82, 2.24) is 10.3 Å². The number of carbonyl (C=O) groups is 1. The minimum absolute atomic E-state index is 0.0693. The van der Waals surface area contributed by atoms with Crippen molar-refractivity contribution in [2.45, 2.75) is 25.1 Å². The summed E-state index contributed by atoms with van der Waals surface area (Å²) in [5.41, 5.74) is -0.429. The standard InChI is InChI=1S/C18H16BrF4N3O/c19-15-9-12(20)2-3-14(15)17(27)25-13-5-7-26(8-6-13)16-4-1-11(10-24-16)18(21,22)23/h1-4,9-10,13H,5-8H2,(H,25,27). The largest absolute Gasteiger partial charge is 0.417 e. The lowest BCUT2D eigenvalue weighted by Gasteiger charge is -2.33. The van der Waals surface area contributed by atoms with Gasteiger partial charge in [0.15, 0.2) is 0 Å². The lowest BCUT2D eigenvalue weighted by Crippen LogP contribution is -2.45. The van der Waals surface area contributed by atoms with Crippen LogP contribution in [0.4, 0.5) is 23.4 Å². The van der Waals surface area contributed by atoms with Gasteiger partial charge in [-0.05, 0) is 59.1 Å². The lowest BCUT2D eigenvalue weighted by molar-refractivity contribution is -0.137. The summed E-state index contributed by atoms with van der Waals surface area (Å²) in [6.45, 7) is 1.13. The maximum absolute atomic E-state index is 13.1. The minimum atomic E-state index is -4.41. The average molecular weight is 446 g/mol. The molecule has 0 spiro atoms. The molecule has 0 bridgehead atoms. The van der Waals surface area contributed by atoms with Crippen LogP contribution in [0, 0.1) is 5.82 Å². The average Bonchev–Trinajstić information content (AvgIpc) is 2.61. The Kier molecular flexibility index (Phi) is 5.69. The van der Waals surface area contributed by atoms with Gasteiger partial charge in [-0.25, -0.2) is 9.37 Å². The molecule has 1 fully saturated rings. The summed E-state index contributed by atoms with van der Waals surface area (Å²) >= 11 is 3.17. The summed E-state index contributed by atoms with van der Waals surface area (Å²) in [4.78, 5) is 18.1. The molecule has 2 heterocycles. The van der Waals surface area contributed by atoms with Crippen molar-refractivity contribution in [3.63, 3.8) is 0 Å². The van der Waals surface area contributed by atoms with Crippen LogP contribution in [0.15, 0.2) is 41.0 Å². The zero-order valence-electron chi connectivity index (χ0n) is 14.1. The summed E-state index contributed by atoms with van der Waals surface area (Å²) in [6.07, 6.45) is -2.31. The summed E-state index contributed by atoms with van der Waals surface area (Å²) in [6, 6.07) is 6.17. The Balaban J connectivity index is 1.56. The smallest absolute Gasteiger partial charge is 0.356 e. The van der Waals surface area contributed by atoms with E-state index in [-0.39, 0.29) is 11.9 Å². The van der Waals surface area contributed by atoms with Crippen LogP contribution in [0.5, 0.6) is 0 Å². The van der Waals surface area contributed by atoms with Gasteiger partial charge in [-0.15, -0.1) is 0 Å². The van der Waals surface area contributed by atoms with Gasteiger partial charge in [0.1, 0.15) is 11.6 Å². The van der Waals surface area contributed by atoms with E-state index in [9.17, 15) is 22.4 Å². The van der Waals surface area contributed by atoms with Gasteiger partial charge in [0, 0.05) is 29.8 Å². The summed E-state index contributed by atoms with van der Waals surface area (Å²) in [5.74, 6) is -0.252. The van der Waals surface area contributed by atoms with Crippen LogP contribution < -0.4 is 10.2 Å². The topological polar surface area (TPSA) is 45.2 Å². The van der Waals surface area contributed by atoms with Crippen LogP contribution in [0.1, 0.15) is 28.8 Å². The van der Waals surface area contributed by atoms with Crippen molar-refractivity contribution >= 4 is 27.7 Å². The van der Waals surface area contributed by atoms with E-state index in [1.54, 1.807) is 0 Å². The molecule has 1 aliphatic heterocycles. The Morgan fingerprint density at radius 3 is 2.44 bits per heavy atom. The third kappa shape index (κ3) is 4.77. The molecule has 144 valence electrons. The van der Waals surface area contributed by atoms with Gasteiger partial charge in [0.05, 0.1) is 11.1 Å². The van der Waals surface area contributed by atoms with E-state index in [2.05, 4.69) is 26.2 Å². The van der Waals surface area contributed by atoms with Gasteiger partial charge in [-0.1, -0.05) is 0 Å². The third-order valence-corrected chi connectivity index (χ3v) is 5.06. The molecule has 1 N–H and O–H groups in total. The van der Waals surface area contributed by atoms with Crippen molar-refractivity contribution in [3.05, 3.63) is 57.9 Å². The number of anilines is 1. The normalized spacial score (nSPS) is 15.7. The number of alkyl halides is 3. The van der Waals surface area contributed by atoms with Gasteiger partial charge >= 0.3 is 6.18 Å². The second kappa shape index (κ2) is 7.84. The highest BCUT2D eigenvalue weighted by Crippen LogP contribution is 2.30. The van der Waals surface area contributed by atoms with E-state index in [4.69, 9.17) is 0 Å². The Hall–Kier alpha value is -2.16. The molecule has 9 heteroatoms. The first-order valence-electron chi connectivity index (χ1n) is 8.28. The number of nitrogens with one attached hydrogen (secondary N) is 1. The van der Waals surface area contributed by atoms with Crippen molar-refractivity contribution in [2.24, 2.45) is 0 Å². The molecule has 1 aromatic carbocycles. The fraction of sp³-hybridized carbons (Fsp3) is 0.333. The zero-order valence-corrected chi connectivity index (χ0v) is 15.6. The highest BCUT2D eigenvalue weighted by molar-refractivity contribution is 9.10. The van der Waals surface area contributed by atoms with Crippen LogP contribution in [-0.2, 0) is 6.18 Å². The zero-order chi connectivity index (χ0) is 19.6. The molecule has 0 unspecified atom stereocenters. The van der Waals surface area contributed by atoms with Crippen molar-refractivity contribution < 1.29 is 22.4 Å². The molecule has 1 aliphatic rings. The maximum Gasteiger partial charge on any atom is 0.417 e. The second-order valence-electron chi connectivity index (χ2n) is 6.26. The number of amides is 1. The molecule has 1 aromatic heterocycles. The van der Waals surface area contributed by atoms with Crippen molar-refractivity contribution in [3.8, 4) is 0 Å². The van der Waals surface area contributed by atoms with E-state index in [0.717, 1.165) is 12.3 Å². The fourth-order valence-corrected chi connectivity index (χ4v) is 3.46. The third-order valence-electron chi connectivity index (χ3n) is 4.41. The van der Waals surface area contributed by atoms with Crippen LogP contribution in [0.25, 0.3) is 0 Å². The van der Waals surface area contributed by atoms with E-state index in [1.165, 1.54) is 24.3 Å². The molecule has 2 aromatic rings. The van der Waals surface area contributed by atoms with E-state index in [0.29, 0.717) is 41.8 Å². The van der Waals surface area contributed by atoms with Crippen molar-refractivity contribution in [1.29, 1.82) is 0 Å². The lowest BCUT2D eigenvalue weighted by atomic mass is 10.0. The molecule has 3 rings (SSSR count). The van der Waals surface area contributed by atoms with Crippen LogP contribution in [-0.4, -0.2) is 30.0 Å². The molecule has 1 saturated heterocycles. The highest BCUT2D eigenvalue weighted by Gasteiger charge is 2.31. The maximum atomic E-state index is 13.1. The van der Waals surface area contributed by atoms with Gasteiger partial charge < -0.3 is 10.2 Å². The number of nitrogens with zero attached hydrogens (tertiary/aromatic N) is 2. The fourth-order valence-electron chi connectivity index (χ4n) is 2.93. The molecule has 0 saturated carbocycles. The Bertz CT molecular complexity index is 818. The Morgan fingerprint density at radius 2 is 1.89 bits per heavy atom. The van der Waals surface area contributed by atoms with E-state index >= 15 is 0 Å². The minimum Gasteiger partial charge on any atom is -0.356 e. The molecular weight excluding hydrogens is 430 g/mol. The Labute approximate surface area is 161 Å². The highest BCUT2D eigenvalue weighted by atomic mass is 79.9. The summed E-state index contributed by atoms with van der Waals surface area (Å²) in [7, 11) is 0. The molecule has 4 nitrogen and oxygen atoms in total. The van der Waals surface area contributed by atoms with Gasteiger partial charge in [-0.3, -0.25) is 4.79 Å². The first-order chi connectivity index (χ1) is 12.7. The molecule has 27 heavy (non-hydrogen) atoms. The number of rotatable bonds is 3. The first-order valence-corrected chi connectivity index (χ1v) is 9.07. The molecular formula is C18H16BrF4N3O. The van der Waals surface area contributed by atoms with Crippen LogP contribution in [0.2, 0.25) is 0 Å². The molecule has 0 radical (unpaired) electrons. The predicted molar refractivity (Wildman–Crippen MR) is 96.0 cm³/mol. The van der Waals surface area contributed by atoms with Gasteiger partial charge in [0.2, 0.25) is 0 Å². The number of hydrogen-bond donors (Lipinski definition) is 1. The quantitative estimate of drug-likeness (QED) is 0.712. The number of benzene rings is 1. The van der Waals surface area contributed by atoms with Gasteiger partial charge in [0.25, 0.3) is 5.91 Å². The number of carbonyl (C=O) groups excluding carboxylic acids is 1. The van der Waals surface area contributed by atoms with Gasteiger partial charge in [-0.2, -0.15) is 13.2 Å². The monoisotopic (exact) mass is 445 g/mol. The first kappa shape index (κ1) is 19.6. The van der Waals surface area contributed by atoms with E-state index < -0.39 is 17.6 Å².